The number of sulfone groups is 1. The minimum absolute atomic E-state index is 0.0327. The molecule has 0 spiro atoms. The quantitative estimate of drug-likeness (QED) is 0.788. The number of carbonyl (C=O) groups excluding carboxylic acids is 2. The van der Waals surface area contributed by atoms with Gasteiger partial charge in [-0.1, -0.05) is 19.9 Å². The van der Waals surface area contributed by atoms with Gasteiger partial charge in [0.25, 0.3) is 0 Å². The van der Waals surface area contributed by atoms with Crippen molar-refractivity contribution in [2.75, 3.05) is 16.8 Å². The Kier molecular flexibility index (Phi) is 5.90. The normalized spacial score (nSPS) is 11.4. The van der Waals surface area contributed by atoms with Gasteiger partial charge in [0, 0.05) is 17.7 Å². The monoisotopic (exact) mass is 312 g/mol. The lowest BCUT2D eigenvalue weighted by atomic mass is 10.2. The van der Waals surface area contributed by atoms with E-state index in [-0.39, 0.29) is 29.4 Å². The zero-order valence-electron chi connectivity index (χ0n) is 12.1. The topological polar surface area (TPSA) is 106 Å². The molecule has 6 nitrogen and oxygen atoms in total. The maximum absolute atomic E-state index is 11.7. The number of primary amides is 1. The molecule has 21 heavy (non-hydrogen) atoms. The van der Waals surface area contributed by atoms with E-state index in [0.29, 0.717) is 5.69 Å². The van der Waals surface area contributed by atoms with Crippen molar-refractivity contribution in [3.63, 3.8) is 0 Å². The third-order valence-electron chi connectivity index (χ3n) is 2.66. The summed E-state index contributed by atoms with van der Waals surface area (Å²) in [4.78, 5) is 22.8. The number of rotatable bonds is 7. The smallest absolute Gasteiger partial charge is 0.248 e. The molecule has 0 unspecified atom stereocenters. The van der Waals surface area contributed by atoms with E-state index in [1.54, 1.807) is 12.1 Å². The maximum atomic E-state index is 11.7. The molecule has 0 atom stereocenters. The van der Waals surface area contributed by atoms with Crippen LogP contribution in [0.5, 0.6) is 0 Å². The Hall–Kier alpha value is -1.89. The minimum atomic E-state index is -3.22. The van der Waals surface area contributed by atoms with Gasteiger partial charge in [-0.25, -0.2) is 8.42 Å². The van der Waals surface area contributed by atoms with Crippen LogP contribution >= 0.6 is 0 Å². The molecule has 1 rings (SSSR count). The maximum Gasteiger partial charge on any atom is 0.248 e. The van der Waals surface area contributed by atoms with Gasteiger partial charge < -0.3 is 11.1 Å². The minimum Gasteiger partial charge on any atom is -0.366 e. The van der Waals surface area contributed by atoms with Crippen molar-refractivity contribution in [3.8, 4) is 0 Å². The Labute approximate surface area is 124 Å². The van der Waals surface area contributed by atoms with Crippen LogP contribution in [0, 0.1) is 5.92 Å². The number of anilines is 1. The van der Waals surface area contributed by atoms with Crippen LogP contribution in [0.3, 0.4) is 0 Å². The fraction of sp³-hybridized carbons (Fsp3) is 0.429. The molecule has 7 heteroatoms. The van der Waals surface area contributed by atoms with E-state index in [0.717, 1.165) is 0 Å². The fourth-order valence-electron chi connectivity index (χ4n) is 1.81. The van der Waals surface area contributed by atoms with Crippen LogP contribution in [0.15, 0.2) is 24.3 Å². The molecule has 0 aliphatic heterocycles. The second kappa shape index (κ2) is 7.21. The molecular formula is C14H20N2O4S. The SMILES string of the molecule is CC(C)CS(=O)(=O)CCC(=O)Nc1cccc(C(N)=O)c1. The zero-order valence-corrected chi connectivity index (χ0v) is 12.9. The molecule has 0 saturated carbocycles. The van der Waals surface area contributed by atoms with Gasteiger partial charge in [0.05, 0.1) is 11.5 Å². The molecule has 0 aromatic heterocycles. The van der Waals surface area contributed by atoms with Crippen molar-refractivity contribution in [2.24, 2.45) is 11.7 Å². The Morgan fingerprint density at radius 1 is 1.29 bits per heavy atom. The number of nitrogens with two attached hydrogens (primary N) is 1. The Morgan fingerprint density at radius 2 is 1.95 bits per heavy atom. The predicted molar refractivity (Wildman–Crippen MR) is 81.7 cm³/mol. The highest BCUT2D eigenvalue weighted by Gasteiger charge is 2.15. The van der Waals surface area contributed by atoms with Crippen molar-refractivity contribution in [1.82, 2.24) is 0 Å². The first-order valence-corrected chi connectivity index (χ1v) is 8.42. The Bertz CT molecular complexity index is 624. The summed E-state index contributed by atoms with van der Waals surface area (Å²) in [5.41, 5.74) is 5.84. The molecule has 0 bridgehead atoms. The number of benzene rings is 1. The van der Waals surface area contributed by atoms with Crippen LogP contribution in [0.25, 0.3) is 0 Å². The molecule has 0 aliphatic carbocycles. The van der Waals surface area contributed by atoms with Crippen molar-refractivity contribution < 1.29 is 18.0 Å². The molecule has 0 fully saturated rings. The number of hydrogen-bond donors (Lipinski definition) is 2. The molecule has 1 aromatic carbocycles. The third-order valence-corrected chi connectivity index (χ3v) is 4.66. The average molecular weight is 312 g/mol. The van der Waals surface area contributed by atoms with Crippen LogP contribution < -0.4 is 11.1 Å². The van der Waals surface area contributed by atoms with Crippen LogP contribution in [0.4, 0.5) is 5.69 Å². The van der Waals surface area contributed by atoms with E-state index in [1.165, 1.54) is 12.1 Å². The Morgan fingerprint density at radius 3 is 2.52 bits per heavy atom. The molecule has 1 aromatic rings. The lowest BCUT2D eigenvalue weighted by Gasteiger charge is -2.08. The van der Waals surface area contributed by atoms with E-state index in [2.05, 4.69) is 5.32 Å². The zero-order chi connectivity index (χ0) is 16.0. The van der Waals surface area contributed by atoms with Crippen LogP contribution in [0.2, 0.25) is 0 Å². The first kappa shape index (κ1) is 17.2. The van der Waals surface area contributed by atoms with Crippen molar-refractivity contribution in [2.45, 2.75) is 20.3 Å². The molecule has 0 heterocycles. The van der Waals surface area contributed by atoms with Gasteiger partial charge >= 0.3 is 0 Å². The standard InChI is InChI=1S/C14H20N2O4S/c1-10(2)9-21(19,20)7-6-13(17)16-12-5-3-4-11(8-12)14(15)18/h3-5,8,10H,6-7,9H2,1-2H3,(H2,15,18)(H,16,17). The summed E-state index contributed by atoms with van der Waals surface area (Å²) in [6.45, 7) is 3.62. The largest absolute Gasteiger partial charge is 0.366 e. The van der Waals surface area contributed by atoms with Crippen molar-refractivity contribution in [3.05, 3.63) is 29.8 Å². The van der Waals surface area contributed by atoms with Crippen molar-refractivity contribution in [1.29, 1.82) is 0 Å². The van der Waals surface area contributed by atoms with Gasteiger partial charge in [0.2, 0.25) is 11.8 Å². The van der Waals surface area contributed by atoms with E-state index in [4.69, 9.17) is 5.73 Å². The Balaban J connectivity index is 2.58. The van der Waals surface area contributed by atoms with Gasteiger partial charge in [-0.3, -0.25) is 9.59 Å². The predicted octanol–water partition coefficient (Wildman–Crippen LogP) is 1.18. The lowest BCUT2D eigenvalue weighted by Crippen LogP contribution is -2.21. The molecule has 0 aliphatic rings. The average Bonchev–Trinajstić information content (AvgIpc) is 2.35. The van der Waals surface area contributed by atoms with Gasteiger partial charge in [-0.15, -0.1) is 0 Å². The highest BCUT2D eigenvalue weighted by molar-refractivity contribution is 7.91. The molecule has 0 radical (unpaired) electrons. The summed E-state index contributed by atoms with van der Waals surface area (Å²) in [6.07, 6.45) is -0.115. The first-order chi connectivity index (χ1) is 9.69. The number of amides is 2. The van der Waals surface area contributed by atoms with E-state index in [9.17, 15) is 18.0 Å². The van der Waals surface area contributed by atoms with Crippen LogP contribution in [0.1, 0.15) is 30.6 Å². The highest BCUT2D eigenvalue weighted by atomic mass is 32.2. The summed E-state index contributed by atoms with van der Waals surface area (Å²) in [6, 6.07) is 6.17. The van der Waals surface area contributed by atoms with Crippen LogP contribution in [-0.2, 0) is 14.6 Å². The first-order valence-electron chi connectivity index (χ1n) is 6.60. The molecular weight excluding hydrogens is 292 g/mol. The molecule has 2 amide bonds. The summed E-state index contributed by atoms with van der Waals surface area (Å²) >= 11 is 0. The van der Waals surface area contributed by atoms with Crippen molar-refractivity contribution >= 4 is 27.3 Å². The molecule has 3 N–H and O–H groups in total. The number of carbonyl (C=O) groups is 2. The number of nitrogens with one attached hydrogen (secondary N) is 1. The van der Waals surface area contributed by atoms with E-state index < -0.39 is 21.7 Å². The van der Waals surface area contributed by atoms with Gasteiger partial charge in [0.15, 0.2) is 9.84 Å². The van der Waals surface area contributed by atoms with E-state index >= 15 is 0 Å². The third kappa shape index (κ3) is 6.40. The summed E-state index contributed by atoms with van der Waals surface area (Å²) in [5.74, 6) is -1.09. The fourth-order valence-corrected chi connectivity index (χ4v) is 3.49. The molecule has 0 saturated heterocycles. The van der Waals surface area contributed by atoms with Gasteiger partial charge in [0.1, 0.15) is 0 Å². The summed E-state index contributed by atoms with van der Waals surface area (Å²) < 4.78 is 23.4. The van der Waals surface area contributed by atoms with E-state index in [1.807, 2.05) is 13.8 Å². The summed E-state index contributed by atoms with van der Waals surface area (Å²) in [7, 11) is -3.22. The van der Waals surface area contributed by atoms with Gasteiger partial charge in [-0.2, -0.15) is 0 Å². The number of hydrogen-bond acceptors (Lipinski definition) is 4. The molecule has 116 valence electrons. The van der Waals surface area contributed by atoms with Crippen LogP contribution in [-0.4, -0.2) is 31.7 Å². The second-order valence-corrected chi connectivity index (χ2v) is 7.48. The summed E-state index contributed by atoms with van der Waals surface area (Å²) in [5, 5.41) is 2.55. The lowest BCUT2D eigenvalue weighted by molar-refractivity contribution is -0.115. The second-order valence-electron chi connectivity index (χ2n) is 5.25. The highest BCUT2D eigenvalue weighted by Crippen LogP contribution is 2.11. The van der Waals surface area contributed by atoms with Gasteiger partial charge in [-0.05, 0) is 24.1 Å².